The molecular weight excluding hydrogens is 368 g/mol. The molecule has 2 aliphatic rings. The molecule has 0 bridgehead atoms. The Morgan fingerprint density at radius 2 is 1.95 bits per heavy atom. The standard InChI is InChI=1S/C17H20BrClO3/c1-11-8-13(15(19)10-14(11)18)9-16(20)12-2-4-17(5-3-12)21-6-7-22-17/h8,10,12H,2-7,9H2,1H3. The number of hydrogen-bond donors (Lipinski definition) is 0. The fourth-order valence-electron chi connectivity index (χ4n) is 3.35. The topological polar surface area (TPSA) is 35.5 Å². The van der Waals surface area contributed by atoms with Crippen molar-refractivity contribution in [2.45, 2.75) is 44.8 Å². The van der Waals surface area contributed by atoms with Crippen molar-refractivity contribution in [3.05, 3.63) is 32.8 Å². The first-order valence-corrected chi connectivity index (χ1v) is 8.91. The van der Waals surface area contributed by atoms with Crippen molar-refractivity contribution in [3.63, 3.8) is 0 Å². The first kappa shape index (κ1) is 16.4. The third kappa shape index (κ3) is 3.40. The lowest BCUT2D eigenvalue weighted by atomic mass is 9.81. The molecule has 0 radical (unpaired) electrons. The summed E-state index contributed by atoms with van der Waals surface area (Å²) in [7, 11) is 0. The minimum absolute atomic E-state index is 0.0958. The van der Waals surface area contributed by atoms with E-state index in [4.69, 9.17) is 21.1 Å². The molecule has 1 aromatic carbocycles. The Morgan fingerprint density at radius 1 is 1.32 bits per heavy atom. The minimum Gasteiger partial charge on any atom is -0.348 e. The summed E-state index contributed by atoms with van der Waals surface area (Å²) in [5.74, 6) is -0.0299. The Morgan fingerprint density at radius 3 is 2.59 bits per heavy atom. The maximum Gasteiger partial charge on any atom is 0.168 e. The van der Waals surface area contributed by atoms with Gasteiger partial charge in [0.15, 0.2) is 5.79 Å². The quantitative estimate of drug-likeness (QED) is 0.768. The Kier molecular flexibility index (Phi) is 4.93. The van der Waals surface area contributed by atoms with Crippen molar-refractivity contribution in [3.8, 4) is 0 Å². The first-order valence-electron chi connectivity index (χ1n) is 7.74. The zero-order valence-electron chi connectivity index (χ0n) is 12.7. The highest BCUT2D eigenvalue weighted by Crippen LogP contribution is 2.39. The van der Waals surface area contributed by atoms with Gasteiger partial charge in [0.2, 0.25) is 0 Å². The summed E-state index contributed by atoms with van der Waals surface area (Å²) in [5.41, 5.74) is 2.02. The van der Waals surface area contributed by atoms with Gasteiger partial charge in [0.05, 0.1) is 13.2 Å². The highest BCUT2D eigenvalue weighted by Gasteiger charge is 2.41. The van der Waals surface area contributed by atoms with E-state index < -0.39 is 5.79 Å². The van der Waals surface area contributed by atoms with Gasteiger partial charge in [-0.1, -0.05) is 33.6 Å². The monoisotopic (exact) mass is 386 g/mol. The smallest absolute Gasteiger partial charge is 0.168 e. The maximum atomic E-state index is 12.6. The highest BCUT2D eigenvalue weighted by atomic mass is 79.9. The predicted octanol–water partition coefficient (Wildman–Crippen LogP) is 4.46. The molecule has 3 rings (SSSR count). The SMILES string of the molecule is Cc1cc(CC(=O)C2CCC3(CC2)OCCO3)c(Cl)cc1Br. The largest absolute Gasteiger partial charge is 0.348 e. The number of aryl methyl sites for hydroxylation is 1. The van der Waals surface area contributed by atoms with E-state index in [9.17, 15) is 4.79 Å². The molecule has 1 saturated carbocycles. The van der Waals surface area contributed by atoms with E-state index in [1.54, 1.807) is 0 Å². The molecule has 0 unspecified atom stereocenters. The third-order valence-electron chi connectivity index (χ3n) is 4.71. The van der Waals surface area contributed by atoms with E-state index in [1.807, 2.05) is 19.1 Å². The van der Waals surface area contributed by atoms with Crippen LogP contribution in [-0.4, -0.2) is 24.8 Å². The molecule has 120 valence electrons. The number of benzene rings is 1. The summed E-state index contributed by atoms with van der Waals surface area (Å²) >= 11 is 9.72. The first-order chi connectivity index (χ1) is 10.5. The van der Waals surface area contributed by atoms with Crippen molar-refractivity contribution in [1.82, 2.24) is 0 Å². The summed E-state index contributed by atoms with van der Waals surface area (Å²) in [6.45, 7) is 3.35. The van der Waals surface area contributed by atoms with Crippen LogP contribution in [0.25, 0.3) is 0 Å². The van der Waals surface area contributed by atoms with Gasteiger partial charge in [-0.05, 0) is 37.0 Å². The second kappa shape index (κ2) is 6.60. The van der Waals surface area contributed by atoms with Crippen LogP contribution >= 0.6 is 27.5 Å². The van der Waals surface area contributed by atoms with Crippen LogP contribution in [-0.2, 0) is 20.7 Å². The summed E-state index contributed by atoms with van der Waals surface area (Å²) < 4.78 is 12.4. The van der Waals surface area contributed by atoms with Crippen LogP contribution in [0.15, 0.2) is 16.6 Å². The molecule has 0 N–H and O–H groups in total. The molecule has 1 spiro atoms. The lowest BCUT2D eigenvalue weighted by Crippen LogP contribution is -2.37. The molecule has 22 heavy (non-hydrogen) atoms. The molecule has 3 nitrogen and oxygen atoms in total. The normalized spacial score (nSPS) is 21.4. The van der Waals surface area contributed by atoms with Crippen molar-refractivity contribution in [1.29, 1.82) is 0 Å². The zero-order chi connectivity index (χ0) is 15.7. The van der Waals surface area contributed by atoms with E-state index in [0.29, 0.717) is 24.7 Å². The summed E-state index contributed by atoms with van der Waals surface area (Å²) in [6.07, 6.45) is 3.72. The van der Waals surface area contributed by atoms with Gasteiger partial charge in [0.25, 0.3) is 0 Å². The Labute approximate surface area is 144 Å². The Hall–Kier alpha value is -0.420. The molecule has 2 fully saturated rings. The van der Waals surface area contributed by atoms with E-state index in [1.165, 1.54) is 0 Å². The number of ether oxygens (including phenoxy) is 2. The number of halogens is 2. The van der Waals surface area contributed by atoms with E-state index in [0.717, 1.165) is 41.3 Å². The fourth-order valence-corrected chi connectivity index (χ4v) is 4.06. The van der Waals surface area contributed by atoms with Crippen LogP contribution in [0.5, 0.6) is 0 Å². The van der Waals surface area contributed by atoms with E-state index in [-0.39, 0.29) is 11.7 Å². The summed E-state index contributed by atoms with van der Waals surface area (Å²) in [4.78, 5) is 12.6. The second-order valence-electron chi connectivity index (χ2n) is 6.22. The molecular formula is C17H20BrClO3. The zero-order valence-corrected chi connectivity index (χ0v) is 15.0. The van der Waals surface area contributed by atoms with Crippen LogP contribution in [0, 0.1) is 12.8 Å². The Balaban J connectivity index is 1.62. The second-order valence-corrected chi connectivity index (χ2v) is 7.48. The van der Waals surface area contributed by atoms with Crippen LogP contribution in [0.1, 0.15) is 36.8 Å². The van der Waals surface area contributed by atoms with Gasteiger partial charge in [-0.15, -0.1) is 0 Å². The van der Waals surface area contributed by atoms with Crippen molar-refractivity contribution < 1.29 is 14.3 Å². The predicted molar refractivity (Wildman–Crippen MR) is 89.2 cm³/mol. The number of hydrogen-bond acceptors (Lipinski definition) is 3. The van der Waals surface area contributed by atoms with Gasteiger partial charge < -0.3 is 9.47 Å². The molecule has 0 atom stereocenters. The Bertz CT molecular complexity index is 572. The average molecular weight is 388 g/mol. The molecule has 1 aromatic rings. The molecule has 5 heteroatoms. The van der Waals surface area contributed by atoms with E-state index >= 15 is 0 Å². The highest BCUT2D eigenvalue weighted by molar-refractivity contribution is 9.10. The van der Waals surface area contributed by atoms with Gasteiger partial charge in [0.1, 0.15) is 5.78 Å². The minimum atomic E-state index is -0.400. The molecule has 1 heterocycles. The van der Waals surface area contributed by atoms with Crippen molar-refractivity contribution in [2.75, 3.05) is 13.2 Å². The average Bonchev–Trinajstić information content (AvgIpc) is 2.93. The lowest BCUT2D eigenvalue weighted by molar-refractivity contribution is -0.183. The van der Waals surface area contributed by atoms with Crippen molar-refractivity contribution in [2.24, 2.45) is 5.92 Å². The molecule has 0 aromatic heterocycles. The number of carbonyl (C=O) groups excluding carboxylic acids is 1. The summed E-state index contributed by atoms with van der Waals surface area (Å²) in [5, 5.41) is 0.653. The maximum absolute atomic E-state index is 12.6. The van der Waals surface area contributed by atoms with Gasteiger partial charge in [0, 0.05) is 34.7 Å². The number of Topliss-reactive ketones (excluding diaryl/α,β-unsaturated/α-hetero) is 1. The number of ketones is 1. The number of carbonyl (C=O) groups is 1. The van der Waals surface area contributed by atoms with Crippen LogP contribution in [0.4, 0.5) is 0 Å². The van der Waals surface area contributed by atoms with Gasteiger partial charge >= 0.3 is 0 Å². The van der Waals surface area contributed by atoms with Crippen molar-refractivity contribution >= 4 is 33.3 Å². The van der Waals surface area contributed by atoms with Crippen LogP contribution in [0.2, 0.25) is 5.02 Å². The van der Waals surface area contributed by atoms with Gasteiger partial charge in [-0.25, -0.2) is 0 Å². The third-order valence-corrected chi connectivity index (χ3v) is 5.91. The van der Waals surface area contributed by atoms with Gasteiger partial charge in [-0.2, -0.15) is 0 Å². The fraction of sp³-hybridized carbons (Fsp3) is 0.588. The number of rotatable bonds is 3. The van der Waals surface area contributed by atoms with Crippen LogP contribution < -0.4 is 0 Å². The molecule has 0 amide bonds. The molecule has 1 aliphatic heterocycles. The van der Waals surface area contributed by atoms with Crippen LogP contribution in [0.3, 0.4) is 0 Å². The molecule has 1 saturated heterocycles. The van der Waals surface area contributed by atoms with Gasteiger partial charge in [-0.3, -0.25) is 4.79 Å². The summed E-state index contributed by atoms with van der Waals surface area (Å²) in [6, 6.07) is 3.87. The van der Waals surface area contributed by atoms with E-state index in [2.05, 4.69) is 15.9 Å². The lowest BCUT2D eigenvalue weighted by Gasteiger charge is -2.34. The molecule has 1 aliphatic carbocycles.